The van der Waals surface area contributed by atoms with Crippen molar-refractivity contribution in [3.05, 3.63) is 33.8 Å². The molecule has 1 aromatic rings. The fourth-order valence-corrected chi connectivity index (χ4v) is 2.36. The molecule has 2 atom stereocenters. The molecule has 0 radical (unpaired) electrons. The van der Waals surface area contributed by atoms with Gasteiger partial charge in [0.25, 0.3) is 0 Å². The van der Waals surface area contributed by atoms with E-state index >= 15 is 0 Å². The molecule has 0 spiro atoms. The zero-order valence-corrected chi connectivity index (χ0v) is 11.0. The third-order valence-electron chi connectivity index (χ3n) is 3.19. The van der Waals surface area contributed by atoms with Crippen LogP contribution in [-0.2, 0) is 0 Å². The molecular weight excluding hydrogens is 250 g/mol. The van der Waals surface area contributed by atoms with Gasteiger partial charge in [-0.3, -0.25) is 0 Å². The van der Waals surface area contributed by atoms with Crippen molar-refractivity contribution in [2.45, 2.75) is 26.2 Å². The maximum absolute atomic E-state index is 3.54. The average molecular weight is 268 g/mol. The summed E-state index contributed by atoms with van der Waals surface area (Å²) in [5.41, 5.74) is 2.86. The topological polar surface area (TPSA) is 12.0 Å². The van der Waals surface area contributed by atoms with Gasteiger partial charge < -0.3 is 5.32 Å². The Morgan fingerprint density at radius 1 is 1.47 bits per heavy atom. The van der Waals surface area contributed by atoms with Crippen LogP contribution >= 0.6 is 15.9 Å². The van der Waals surface area contributed by atoms with E-state index in [4.69, 9.17) is 0 Å². The fraction of sp³-hybridized carbons (Fsp3) is 0.538. The molecule has 1 aromatic carbocycles. The molecule has 1 aliphatic rings. The normalized spacial score (nSPS) is 24.2. The molecule has 1 nitrogen and oxygen atoms in total. The van der Waals surface area contributed by atoms with Crippen molar-refractivity contribution in [1.82, 2.24) is 5.32 Å². The lowest BCUT2D eigenvalue weighted by Gasteiger charge is -2.04. The van der Waals surface area contributed by atoms with Gasteiger partial charge in [0.1, 0.15) is 0 Å². The molecule has 0 saturated heterocycles. The van der Waals surface area contributed by atoms with E-state index in [0.717, 1.165) is 18.4 Å². The van der Waals surface area contributed by atoms with Crippen molar-refractivity contribution >= 4 is 15.9 Å². The fourth-order valence-electron chi connectivity index (χ4n) is 2.11. The maximum Gasteiger partial charge on any atom is 0.0204 e. The molecule has 2 heteroatoms. The van der Waals surface area contributed by atoms with Crippen LogP contribution in [0.4, 0.5) is 0 Å². The van der Waals surface area contributed by atoms with Gasteiger partial charge in [-0.05, 0) is 55.5 Å². The van der Waals surface area contributed by atoms with Gasteiger partial charge in [0.05, 0.1) is 0 Å². The summed E-state index contributed by atoms with van der Waals surface area (Å²) in [6.07, 6.45) is 1.36. The first-order chi connectivity index (χ1) is 7.22. The molecule has 0 aliphatic heterocycles. The second-order valence-corrected chi connectivity index (χ2v) is 5.27. The number of aryl methyl sites for hydroxylation is 1. The quantitative estimate of drug-likeness (QED) is 0.881. The standard InChI is InChI=1S/C13H18BrN/c1-3-15-8-11-7-12(11)10-4-5-13(14)9(2)6-10/h4-6,11-12,15H,3,7-8H2,1-2H3. The van der Waals surface area contributed by atoms with E-state index in [-0.39, 0.29) is 0 Å². The molecule has 82 valence electrons. The van der Waals surface area contributed by atoms with E-state index in [0.29, 0.717) is 0 Å². The largest absolute Gasteiger partial charge is 0.317 e. The molecule has 0 aromatic heterocycles. The van der Waals surface area contributed by atoms with Crippen molar-refractivity contribution in [2.24, 2.45) is 5.92 Å². The predicted octanol–water partition coefficient (Wildman–Crippen LogP) is 3.47. The summed E-state index contributed by atoms with van der Waals surface area (Å²) in [6.45, 7) is 6.59. The van der Waals surface area contributed by atoms with Crippen molar-refractivity contribution in [3.63, 3.8) is 0 Å². The lowest BCUT2D eigenvalue weighted by Crippen LogP contribution is -2.16. The summed E-state index contributed by atoms with van der Waals surface area (Å²) in [6, 6.07) is 6.75. The van der Waals surface area contributed by atoms with Crippen LogP contribution in [0, 0.1) is 12.8 Å². The lowest BCUT2D eigenvalue weighted by atomic mass is 10.1. The highest BCUT2D eigenvalue weighted by atomic mass is 79.9. The van der Waals surface area contributed by atoms with Gasteiger partial charge >= 0.3 is 0 Å². The summed E-state index contributed by atoms with van der Waals surface area (Å²) in [5, 5.41) is 3.43. The highest BCUT2D eigenvalue weighted by Gasteiger charge is 2.37. The first-order valence-electron chi connectivity index (χ1n) is 5.69. The number of nitrogens with one attached hydrogen (secondary N) is 1. The Labute approximate surface area is 100 Å². The molecule has 15 heavy (non-hydrogen) atoms. The first kappa shape index (κ1) is 11.2. The van der Waals surface area contributed by atoms with Crippen molar-refractivity contribution in [3.8, 4) is 0 Å². The number of hydrogen-bond acceptors (Lipinski definition) is 1. The Kier molecular flexibility index (Phi) is 3.47. The minimum atomic E-state index is 0.802. The third kappa shape index (κ3) is 2.61. The second kappa shape index (κ2) is 4.67. The maximum atomic E-state index is 3.54. The number of rotatable bonds is 4. The van der Waals surface area contributed by atoms with Crippen LogP contribution < -0.4 is 5.32 Å². The molecule has 2 rings (SSSR count). The van der Waals surface area contributed by atoms with Crippen LogP contribution in [-0.4, -0.2) is 13.1 Å². The molecule has 1 aliphatic carbocycles. The molecule has 2 unspecified atom stereocenters. The molecule has 0 heterocycles. The van der Waals surface area contributed by atoms with Gasteiger partial charge in [0, 0.05) is 4.47 Å². The number of halogens is 1. The monoisotopic (exact) mass is 267 g/mol. The molecule has 0 bridgehead atoms. The van der Waals surface area contributed by atoms with E-state index in [2.05, 4.69) is 53.3 Å². The average Bonchev–Trinajstić information content (AvgIpc) is 2.98. The Morgan fingerprint density at radius 2 is 2.27 bits per heavy atom. The minimum absolute atomic E-state index is 0.802. The van der Waals surface area contributed by atoms with E-state index < -0.39 is 0 Å². The summed E-state index contributed by atoms with van der Waals surface area (Å²) in [5.74, 6) is 1.67. The van der Waals surface area contributed by atoms with Crippen LogP contribution in [0.5, 0.6) is 0 Å². The highest BCUT2D eigenvalue weighted by molar-refractivity contribution is 9.10. The number of hydrogen-bond donors (Lipinski definition) is 1. The van der Waals surface area contributed by atoms with Crippen LogP contribution in [0.1, 0.15) is 30.4 Å². The minimum Gasteiger partial charge on any atom is -0.317 e. The van der Waals surface area contributed by atoms with Crippen LogP contribution in [0.3, 0.4) is 0 Å². The number of benzene rings is 1. The van der Waals surface area contributed by atoms with E-state index in [1.807, 2.05) is 0 Å². The van der Waals surface area contributed by atoms with Gasteiger partial charge in [-0.2, -0.15) is 0 Å². The van der Waals surface area contributed by atoms with Gasteiger partial charge in [-0.1, -0.05) is 35.0 Å². The van der Waals surface area contributed by atoms with Gasteiger partial charge in [0.15, 0.2) is 0 Å². The van der Waals surface area contributed by atoms with Crippen LogP contribution in [0.25, 0.3) is 0 Å². The lowest BCUT2D eigenvalue weighted by molar-refractivity contribution is 0.649. The smallest absolute Gasteiger partial charge is 0.0204 e. The van der Waals surface area contributed by atoms with Gasteiger partial charge in [-0.15, -0.1) is 0 Å². The summed E-state index contributed by atoms with van der Waals surface area (Å²) >= 11 is 3.54. The van der Waals surface area contributed by atoms with E-state index in [9.17, 15) is 0 Å². The van der Waals surface area contributed by atoms with Crippen molar-refractivity contribution in [2.75, 3.05) is 13.1 Å². The van der Waals surface area contributed by atoms with E-state index in [1.165, 1.54) is 28.6 Å². The summed E-state index contributed by atoms with van der Waals surface area (Å²) in [4.78, 5) is 0. The van der Waals surface area contributed by atoms with Crippen molar-refractivity contribution < 1.29 is 0 Å². The molecule has 1 N–H and O–H groups in total. The zero-order chi connectivity index (χ0) is 10.8. The van der Waals surface area contributed by atoms with Crippen LogP contribution in [0.2, 0.25) is 0 Å². The summed E-state index contributed by atoms with van der Waals surface area (Å²) in [7, 11) is 0. The van der Waals surface area contributed by atoms with Crippen LogP contribution in [0.15, 0.2) is 22.7 Å². The highest BCUT2D eigenvalue weighted by Crippen LogP contribution is 2.47. The van der Waals surface area contributed by atoms with E-state index in [1.54, 1.807) is 0 Å². The second-order valence-electron chi connectivity index (χ2n) is 4.42. The molecule has 1 fully saturated rings. The zero-order valence-electron chi connectivity index (χ0n) is 9.39. The molecular formula is C13H18BrN. The Bertz CT molecular complexity index is 348. The SMILES string of the molecule is CCNCC1CC1c1ccc(Br)c(C)c1. The Hall–Kier alpha value is -0.340. The first-order valence-corrected chi connectivity index (χ1v) is 6.48. The van der Waals surface area contributed by atoms with Gasteiger partial charge in [0.2, 0.25) is 0 Å². The Balaban J connectivity index is 1.98. The molecule has 1 saturated carbocycles. The molecule has 0 amide bonds. The van der Waals surface area contributed by atoms with Crippen molar-refractivity contribution in [1.29, 1.82) is 0 Å². The predicted molar refractivity (Wildman–Crippen MR) is 68.3 cm³/mol. The third-order valence-corrected chi connectivity index (χ3v) is 4.08. The Morgan fingerprint density at radius 3 is 2.93 bits per heavy atom. The summed E-state index contributed by atoms with van der Waals surface area (Å²) < 4.78 is 1.22. The van der Waals surface area contributed by atoms with Gasteiger partial charge in [-0.25, -0.2) is 0 Å².